The van der Waals surface area contributed by atoms with Crippen LogP contribution in [0.4, 0.5) is 5.69 Å². The zero-order chi connectivity index (χ0) is 17.3. The topological polar surface area (TPSA) is 63.4 Å². The molecule has 1 aliphatic heterocycles. The van der Waals surface area contributed by atoms with Crippen LogP contribution in [-0.2, 0) is 17.6 Å². The van der Waals surface area contributed by atoms with E-state index in [1.165, 1.54) is 5.56 Å². The third-order valence-corrected chi connectivity index (χ3v) is 4.57. The van der Waals surface area contributed by atoms with Gasteiger partial charge in [0.05, 0.1) is 6.42 Å². The van der Waals surface area contributed by atoms with Crippen molar-refractivity contribution in [2.24, 2.45) is 5.73 Å². The molecule has 4 heteroatoms. The fraction of sp³-hybridized carbons (Fsp3) is 0.300. The molecule has 0 saturated carbocycles. The van der Waals surface area contributed by atoms with E-state index < -0.39 is 5.91 Å². The zero-order valence-corrected chi connectivity index (χ0v) is 14.1. The number of anilines is 1. The van der Waals surface area contributed by atoms with Gasteiger partial charge < -0.3 is 10.6 Å². The molecule has 2 amide bonds. The molecule has 0 saturated heterocycles. The summed E-state index contributed by atoms with van der Waals surface area (Å²) in [6, 6.07) is 13.5. The van der Waals surface area contributed by atoms with Crippen molar-refractivity contribution >= 4 is 17.5 Å². The van der Waals surface area contributed by atoms with E-state index in [2.05, 4.69) is 26.0 Å². The number of rotatable bonds is 4. The average Bonchev–Trinajstić information content (AvgIpc) is 2.98. The third-order valence-electron chi connectivity index (χ3n) is 4.57. The lowest BCUT2D eigenvalue weighted by atomic mass is 10.0. The van der Waals surface area contributed by atoms with Gasteiger partial charge in [0.1, 0.15) is 0 Å². The highest BCUT2D eigenvalue weighted by Gasteiger charge is 2.25. The standard InChI is InChI=1S/C20H22N2O2/c1-13(2)15-5-3-14(4-6-15)11-19(23)22-10-9-16-7-8-17(20(21)24)12-18(16)22/h3-8,12-13H,9-11H2,1-2H3,(H2,21,24). The molecule has 1 heterocycles. The maximum absolute atomic E-state index is 12.7. The molecule has 2 N–H and O–H groups in total. The Balaban J connectivity index is 1.78. The van der Waals surface area contributed by atoms with Gasteiger partial charge in [-0.2, -0.15) is 0 Å². The summed E-state index contributed by atoms with van der Waals surface area (Å²) in [5.41, 5.74) is 9.96. The maximum Gasteiger partial charge on any atom is 0.248 e. The SMILES string of the molecule is CC(C)c1ccc(CC(=O)N2CCc3ccc(C(N)=O)cc32)cc1. The molecule has 2 aromatic carbocycles. The molecule has 0 fully saturated rings. The van der Waals surface area contributed by atoms with Crippen LogP contribution in [0.3, 0.4) is 0 Å². The summed E-state index contributed by atoms with van der Waals surface area (Å²) in [7, 11) is 0. The van der Waals surface area contributed by atoms with Gasteiger partial charge in [0.25, 0.3) is 0 Å². The van der Waals surface area contributed by atoms with E-state index in [1.54, 1.807) is 17.0 Å². The number of nitrogens with zero attached hydrogens (tertiary/aromatic N) is 1. The Morgan fingerprint density at radius 2 is 1.83 bits per heavy atom. The van der Waals surface area contributed by atoms with E-state index in [4.69, 9.17) is 5.73 Å². The van der Waals surface area contributed by atoms with E-state index in [1.807, 2.05) is 18.2 Å². The van der Waals surface area contributed by atoms with Crippen LogP contribution in [0.15, 0.2) is 42.5 Å². The fourth-order valence-electron chi connectivity index (χ4n) is 3.08. The molecule has 24 heavy (non-hydrogen) atoms. The van der Waals surface area contributed by atoms with Crippen molar-refractivity contribution in [2.75, 3.05) is 11.4 Å². The molecule has 124 valence electrons. The van der Waals surface area contributed by atoms with E-state index >= 15 is 0 Å². The van der Waals surface area contributed by atoms with Crippen molar-refractivity contribution in [1.29, 1.82) is 0 Å². The number of carbonyl (C=O) groups is 2. The van der Waals surface area contributed by atoms with Gasteiger partial charge in [0, 0.05) is 17.8 Å². The van der Waals surface area contributed by atoms with Crippen LogP contribution in [-0.4, -0.2) is 18.4 Å². The van der Waals surface area contributed by atoms with Crippen LogP contribution in [0, 0.1) is 0 Å². The Morgan fingerprint density at radius 1 is 1.12 bits per heavy atom. The highest BCUT2D eigenvalue weighted by Crippen LogP contribution is 2.29. The van der Waals surface area contributed by atoms with Crippen molar-refractivity contribution in [3.8, 4) is 0 Å². The first-order chi connectivity index (χ1) is 11.5. The number of primary amides is 1. The van der Waals surface area contributed by atoms with E-state index in [9.17, 15) is 9.59 Å². The van der Waals surface area contributed by atoms with Crippen molar-refractivity contribution < 1.29 is 9.59 Å². The van der Waals surface area contributed by atoms with Gasteiger partial charge >= 0.3 is 0 Å². The Bertz CT molecular complexity index is 779. The lowest BCUT2D eigenvalue weighted by Crippen LogP contribution is -2.30. The van der Waals surface area contributed by atoms with Gasteiger partial charge in [-0.1, -0.05) is 44.2 Å². The summed E-state index contributed by atoms with van der Waals surface area (Å²) >= 11 is 0. The fourth-order valence-corrected chi connectivity index (χ4v) is 3.08. The van der Waals surface area contributed by atoms with Crippen LogP contribution in [0.2, 0.25) is 0 Å². The van der Waals surface area contributed by atoms with Gasteiger partial charge in [-0.05, 0) is 41.2 Å². The van der Waals surface area contributed by atoms with Gasteiger partial charge in [0.2, 0.25) is 11.8 Å². The van der Waals surface area contributed by atoms with Gasteiger partial charge in [-0.25, -0.2) is 0 Å². The largest absolute Gasteiger partial charge is 0.366 e. The lowest BCUT2D eigenvalue weighted by molar-refractivity contribution is -0.117. The molecule has 0 spiro atoms. The van der Waals surface area contributed by atoms with Crippen molar-refractivity contribution in [1.82, 2.24) is 0 Å². The second kappa shape index (κ2) is 6.48. The molecular weight excluding hydrogens is 300 g/mol. The van der Waals surface area contributed by atoms with Crippen LogP contribution in [0.1, 0.15) is 46.8 Å². The second-order valence-corrected chi connectivity index (χ2v) is 6.58. The molecular formula is C20H22N2O2. The number of benzene rings is 2. The molecule has 0 aromatic heterocycles. The van der Waals surface area contributed by atoms with Crippen molar-refractivity contribution in [3.63, 3.8) is 0 Å². The van der Waals surface area contributed by atoms with E-state index in [0.29, 0.717) is 24.4 Å². The Morgan fingerprint density at radius 3 is 2.46 bits per heavy atom. The maximum atomic E-state index is 12.7. The smallest absolute Gasteiger partial charge is 0.248 e. The van der Waals surface area contributed by atoms with E-state index in [0.717, 1.165) is 23.2 Å². The van der Waals surface area contributed by atoms with Gasteiger partial charge in [-0.3, -0.25) is 9.59 Å². The summed E-state index contributed by atoms with van der Waals surface area (Å²) in [5.74, 6) is 0.0569. The number of nitrogens with two attached hydrogens (primary N) is 1. The average molecular weight is 322 g/mol. The predicted octanol–water partition coefficient (Wildman–Crippen LogP) is 3.04. The number of hydrogen-bond acceptors (Lipinski definition) is 2. The van der Waals surface area contributed by atoms with Gasteiger partial charge in [0.15, 0.2) is 0 Å². The minimum Gasteiger partial charge on any atom is -0.366 e. The number of hydrogen-bond donors (Lipinski definition) is 1. The molecule has 1 aliphatic rings. The first-order valence-electron chi connectivity index (χ1n) is 8.27. The van der Waals surface area contributed by atoms with Crippen LogP contribution >= 0.6 is 0 Å². The van der Waals surface area contributed by atoms with Crippen LogP contribution in [0.25, 0.3) is 0 Å². The minimum atomic E-state index is -0.471. The molecule has 0 atom stereocenters. The quantitative estimate of drug-likeness (QED) is 0.940. The molecule has 3 rings (SSSR count). The molecule has 0 radical (unpaired) electrons. The summed E-state index contributed by atoms with van der Waals surface area (Å²) in [4.78, 5) is 25.8. The minimum absolute atomic E-state index is 0.0488. The summed E-state index contributed by atoms with van der Waals surface area (Å²) < 4.78 is 0. The lowest BCUT2D eigenvalue weighted by Gasteiger charge is -2.18. The summed E-state index contributed by atoms with van der Waals surface area (Å²) in [5, 5.41) is 0. The molecule has 0 aliphatic carbocycles. The number of fused-ring (bicyclic) bond motifs is 1. The number of carbonyl (C=O) groups excluding carboxylic acids is 2. The van der Waals surface area contributed by atoms with Gasteiger partial charge in [-0.15, -0.1) is 0 Å². The molecule has 4 nitrogen and oxygen atoms in total. The highest BCUT2D eigenvalue weighted by molar-refractivity contribution is 5.99. The molecule has 0 unspecified atom stereocenters. The highest BCUT2D eigenvalue weighted by atomic mass is 16.2. The van der Waals surface area contributed by atoms with Crippen molar-refractivity contribution in [3.05, 3.63) is 64.7 Å². The Kier molecular flexibility index (Phi) is 4.38. The number of amides is 2. The summed E-state index contributed by atoms with van der Waals surface area (Å²) in [6.07, 6.45) is 1.17. The van der Waals surface area contributed by atoms with Crippen LogP contribution in [0.5, 0.6) is 0 Å². The molecule has 0 bridgehead atoms. The normalized spacial score (nSPS) is 13.2. The zero-order valence-electron chi connectivity index (χ0n) is 14.1. The van der Waals surface area contributed by atoms with Crippen LogP contribution < -0.4 is 10.6 Å². The Hall–Kier alpha value is -2.62. The first-order valence-corrected chi connectivity index (χ1v) is 8.27. The first kappa shape index (κ1) is 16.2. The third kappa shape index (κ3) is 3.18. The Labute approximate surface area is 142 Å². The molecule has 2 aromatic rings. The van der Waals surface area contributed by atoms with Crippen molar-refractivity contribution in [2.45, 2.75) is 32.6 Å². The monoisotopic (exact) mass is 322 g/mol. The second-order valence-electron chi connectivity index (χ2n) is 6.58. The predicted molar refractivity (Wildman–Crippen MR) is 95.3 cm³/mol. The summed E-state index contributed by atoms with van der Waals surface area (Å²) in [6.45, 7) is 4.95. The van der Waals surface area contributed by atoms with E-state index in [-0.39, 0.29) is 5.91 Å².